The summed E-state index contributed by atoms with van der Waals surface area (Å²) in [6, 6.07) is -4.69. The Hall–Kier alpha value is -2.73. The Labute approximate surface area is 181 Å². The summed E-state index contributed by atoms with van der Waals surface area (Å²) < 4.78 is 0. The van der Waals surface area contributed by atoms with E-state index in [0.29, 0.717) is 19.4 Å². The van der Waals surface area contributed by atoms with Crippen molar-refractivity contribution < 1.29 is 34.2 Å². The van der Waals surface area contributed by atoms with Crippen molar-refractivity contribution in [3.05, 3.63) is 0 Å². The number of nitrogens with one attached hydrogen (secondary N) is 3. The van der Waals surface area contributed by atoms with Crippen LogP contribution in [0.4, 0.5) is 0 Å². The topological polar surface area (TPSA) is 214 Å². The van der Waals surface area contributed by atoms with Gasteiger partial charge in [-0.25, -0.2) is 4.79 Å². The lowest BCUT2D eigenvalue weighted by Gasteiger charge is -2.25. The number of carboxylic acids is 2. The zero-order valence-corrected chi connectivity index (χ0v) is 18.2. The van der Waals surface area contributed by atoms with Crippen LogP contribution in [-0.4, -0.2) is 70.6 Å². The average Bonchev–Trinajstić information content (AvgIpc) is 2.64. The van der Waals surface area contributed by atoms with Crippen molar-refractivity contribution in [2.45, 2.75) is 77.0 Å². The zero-order valence-electron chi connectivity index (χ0n) is 18.2. The molecular formula is C19H35N5O7. The van der Waals surface area contributed by atoms with Gasteiger partial charge in [-0.3, -0.25) is 19.2 Å². The van der Waals surface area contributed by atoms with Gasteiger partial charge in [-0.15, -0.1) is 0 Å². The molecule has 0 saturated carbocycles. The molecule has 0 bridgehead atoms. The quantitative estimate of drug-likeness (QED) is 0.146. The van der Waals surface area contributed by atoms with Gasteiger partial charge in [-0.2, -0.15) is 0 Å². The minimum Gasteiger partial charge on any atom is -0.481 e. The van der Waals surface area contributed by atoms with E-state index in [0.717, 1.165) is 0 Å². The first kappa shape index (κ1) is 28.3. The summed E-state index contributed by atoms with van der Waals surface area (Å²) in [5, 5.41) is 25.5. The van der Waals surface area contributed by atoms with Crippen LogP contribution < -0.4 is 27.4 Å². The fourth-order valence-electron chi connectivity index (χ4n) is 2.68. The van der Waals surface area contributed by atoms with Crippen molar-refractivity contribution in [2.75, 3.05) is 6.54 Å². The molecule has 31 heavy (non-hydrogen) atoms. The number of carboxylic acid groups (broad SMARTS) is 2. The number of nitrogens with two attached hydrogens (primary N) is 2. The molecule has 0 aromatic rings. The zero-order chi connectivity index (χ0) is 24.1. The van der Waals surface area contributed by atoms with Gasteiger partial charge in [0, 0.05) is 0 Å². The third kappa shape index (κ3) is 11.9. The Morgan fingerprint density at radius 1 is 0.806 bits per heavy atom. The van der Waals surface area contributed by atoms with E-state index in [1.165, 1.54) is 6.92 Å². The fraction of sp³-hybridized carbons (Fsp3) is 0.737. The predicted octanol–water partition coefficient (Wildman–Crippen LogP) is -1.48. The van der Waals surface area contributed by atoms with Crippen LogP contribution >= 0.6 is 0 Å². The van der Waals surface area contributed by atoms with Crippen LogP contribution in [-0.2, 0) is 24.0 Å². The van der Waals surface area contributed by atoms with Gasteiger partial charge in [-0.05, 0) is 45.1 Å². The highest BCUT2D eigenvalue weighted by molar-refractivity contribution is 5.95. The molecule has 4 unspecified atom stereocenters. The minimum atomic E-state index is -1.52. The monoisotopic (exact) mass is 445 g/mol. The summed E-state index contributed by atoms with van der Waals surface area (Å²) in [7, 11) is 0. The predicted molar refractivity (Wildman–Crippen MR) is 112 cm³/mol. The van der Waals surface area contributed by atoms with Crippen molar-refractivity contribution in [1.29, 1.82) is 0 Å². The van der Waals surface area contributed by atoms with Gasteiger partial charge in [0.25, 0.3) is 0 Å². The summed E-state index contributed by atoms with van der Waals surface area (Å²) in [5.41, 5.74) is 10.9. The van der Waals surface area contributed by atoms with E-state index in [1.54, 1.807) is 0 Å². The number of rotatable bonds is 15. The van der Waals surface area contributed by atoms with E-state index in [9.17, 15) is 29.1 Å². The number of unbranched alkanes of at least 4 members (excludes halogenated alkanes) is 1. The number of hydrogen-bond acceptors (Lipinski definition) is 7. The van der Waals surface area contributed by atoms with Crippen molar-refractivity contribution in [1.82, 2.24) is 16.0 Å². The highest BCUT2D eigenvalue weighted by atomic mass is 16.4. The molecular weight excluding hydrogens is 410 g/mol. The molecule has 0 spiro atoms. The fourth-order valence-corrected chi connectivity index (χ4v) is 2.68. The molecule has 178 valence electrons. The second-order valence-corrected chi connectivity index (χ2v) is 7.82. The van der Waals surface area contributed by atoms with Crippen LogP contribution in [0, 0.1) is 5.92 Å². The SMILES string of the molecule is CC(C)CC(NC(=O)C(C)N)C(=O)NC(CC(=O)O)C(=O)NC(CCCCN)C(=O)O. The molecule has 12 nitrogen and oxygen atoms in total. The molecule has 3 amide bonds. The summed E-state index contributed by atoms with van der Waals surface area (Å²) in [6.45, 7) is 5.44. The molecule has 0 fully saturated rings. The van der Waals surface area contributed by atoms with Crippen LogP contribution in [0.5, 0.6) is 0 Å². The Bertz CT molecular complexity index is 639. The van der Waals surface area contributed by atoms with Gasteiger partial charge in [0.2, 0.25) is 17.7 Å². The van der Waals surface area contributed by atoms with Crippen molar-refractivity contribution >= 4 is 29.7 Å². The van der Waals surface area contributed by atoms with Crippen LogP contribution in [0.15, 0.2) is 0 Å². The Balaban J connectivity index is 5.38. The molecule has 9 N–H and O–H groups in total. The second-order valence-electron chi connectivity index (χ2n) is 7.82. The first-order valence-corrected chi connectivity index (χ1v) is 10.2. The van der Waals surface area contributed by atoms with Gasteiger partial charge in [0.15, 0.2) is 0 Å². The smallest absolute Gasteiger partial charge is 0.326 e. The van der Waals surface area contributed by atoms with E-state index in [4.69, 9.17) is 16.6 Å². The van der Waals surface area contributed by atoms with Gasteiger partial charge >= 0.3 is 11.9 Å². The number of aliphatic carboxylic acids is 2. The molecule has 4 atom stereocenters. The van der Waals surface area contributed by atoms with Gasteiger partial charge < -0.3 is 37.6 Å². The van der Waals surface area contributed by atoms with Crippen LogP contribution in [0.25, 0.3) is 0 Å². The molecule has 0 aliphatic rings. The van der Waals surface area contributed by atoms with Gasteiger partial charge in [0.05, 0.1) is 12.5 Å². The average molecular weight is 446 g/mol. The first-order chi connectivity index (χ1) is 14.4. The normalized spacial score (nSPS) is 14.8. The number of carbonyl (C=O) groups is 5. The maximum absolute atomic E-state index is 12.7. The molecule has 0 aliphatic heterocycles. The molecule has 0 saturated heterocycles. The molecule has 0 heterocycles. The Morgan fingerprint density at radius 3 is 1.77 bits per heavy atom. The molecule has 0 rings (SSSR count). The van der Waals surface area contributed by atoms with Gasteiger partial charge in [0.1, 0.15) is 18.1 Å². The van der Waals surface area contributed by atoms with Crippen molar-refractivity contribution in [3.63, 3.8) is 0 Å². The molecule has 0 aromatic carbocycles. The van der Waals surface area contributed by atoms with E-state index < -0.39 is 60.2 Å². The molecule has 0 aromatic heterocycles. The molecule has 0 radical (unpaired) electrons. The summed E-state index contributed by atoms with van der Waals surface area (Å²) >= 11 is 0. The Morgan fingerprint density at radius 2 is 1.32 bits per heavy atom. The molecule has 0 aliphatic carbocycles. The second kappa shape index (κ2) is 14.3. The van der Waals surface area contributed by atoms with Gasteiger partial charge in [-0.1, -0.05) is 13.8 Å². The standard InChI is InChI=1S/C19H35N5O7/c1-10(2)8-13(23-16(27)11(3)21)17(28)24-14(9-15(25)26)18(29)22-12(19(30)31)6-4-5-7-20/h10-14H,4-9,20-21H2,1-3H3,(H,22,29)(H,23,27)(H,24,28)(H,25,26)(H,30,31). The van der Waals surface area contributed by atoms with Crippen molar-refractivity contribution in [2.24, 2.45) is 17.4 Å². The van der Waals surface area contributed by atoms with E-state index >= 15 is 0 Å². The largest absolute Gasteiger partial charge is 0.481 e. The van der Waals surface area contributed by atoms with E-state index in [1.807, 2.05) is 13.8 Å². The molecule has 12 heteroatoms. The maximum Gasteiger partial charge on any atom is 0.326 e. The lowest BCUT2D eigenvalue weighted by Crippen LogP contribution is -2.57. The third-order valence-electron chi connectivity index (χ3n) is 4.33. The van der Waals surface area contributed by atoms with E-state index in [-0.39, 0.29) is 18.8 Å². The Kier molecular flexibility index (Phi) is 13.0. The first-order valence-electron chi connectivity index (χ1n) is 10.2. The van der Waals surface area contributed by atoms with Crippen LogP contribution in [0.2, 0.25) is 0 Å². The lowest BCUT2D eigenvalue weighted by molar-refractivity contribution is -0.143. The van der Waals surface area contributed by atoms with E-state index in [2.05, 4.69) is 16.0 Å². The lowest BCUT2D eigenvalue weighted by atomic mass is 10.0. The highest BCUT2D eigenvalue weighted by Gasteiger charge is 2.31. The highest BCUT2D eigenvalue weighted by Crippen LogP contribution is 2.07. The van der Waals surface area contributed by atoms with Crippen molar-refractivity contribution in [3.8, 4) is 0 Å². The maximum atomic E-state index is 12.7. The summed E-state index contributed by atoms with van der Waals surface area (Å²) in [4.78, 5) is 59.8. The number of carbonyl (C=O) groups excluding carboxylic acids is 3. The number of amides is 3. The summed E-state index contributed by atoms with van der Waals surface area (Å²) in [5.74, 6) is -4.94. The third-order valence-corrected chi connectivity index (χ3v) is 4.33. The van der Waals surface area contributed by atoms with Crippen LogP contribution in [0.3, 0.4) is 0 Å². The summed E-state index contributed by atoms with van der Waals surface area (Å²) in [6.07, 6.45) is 0.575. The number of hydrogen-bond donors (Lipinski definition) is 7. The minimum absolute atomic E-state index is 0.00480. The van der Waals surface area contributed by atoms with Crippen LogP contribution in [0.1, 0.15) is 52.9 Å².